The largest absolute Gasteiger partial charge is 0.482 e. The summed E-state index contributed by atoms with van der Waals surface area (Å²) in [4.78, 5) is 23.4. The van der Waals surface area contributed by atoms with Crippen molar-refractivity contribution in [3.05, 3.63) is 23.8 Å². The lowest BCUT2D eigenvalue weighted by molar-refractivity contribution is -0.122. The number of fused-ring (bicyclic) bond motifs is 1. The Labute approximate surface area is 135 Å². The van der Waals surface area contributed by atoms with E-state index in [2.05, 4.69) is 10.6 Å². The molecule has 2 heterocycles. The number of rotatable bonds is 5. The van der Waals surface area contributed by atoms with Crippen LogP contribution in [0.15, 0.2) is 18.2 Å². The molecule has 0 radical (unpaired) electrons. The van der Waals surface area contributed by atoms with Crippen LogP contribution in [-0.4, -0.2) is 31.1 Å². The van der Waals surface area contributed by atoms with Crippen LogP contribution < -0.4 is 15.4 Å². The van der Waals surface area contributed by atoms with Crippen LogP contribution in [-0.2, 0) is 14.3 Å². The third-order valence-corrected chi connectivity index (χ3v) is 4.23. The SMILES string of the molecule is C[C@H](NC(=O)CC[C@H]1CCCO1)c1ccc2c(c1)NC(=O)CO2. The van der Waals surface area contributed by atoms with Crippen molar-refractivity contribution in [1.29, 1.82) is 0 Å². The Morgan fingerprint density at radius 1 is 1.48 bits per heavy atom. The summed E-state index contributed by atoms with van der Waals surface area (Å²) in [7, 11) is 0. The van der Waals surface area contributed by atoms with Gasteiger partial charge in [0, 0.05) is 13.0 Å². The number of benzene rings is 1. The molecule has 0 aliphatic carbocycles. The number of carbonyl (C=O) groups excluding carboxylic acids is 2. The fourth-order valence-electron chi connectivity index (χ4n) is 2.93. The van der Waals surface area contributed by atoms with Crippen LogP contribution in [0.4, 0.5) is 5.69 Å². The van der Waals surface area contributed by atoms with Crippen LogP contribution in [0, 0.1) is 0 Å². The lowest BCUT2D eigenvalue weighted by Gasteiger charge is -2.21. The van der Waals surface area contributed by atoms with Crippen LogP contribution in [0.3, 0.4) is 0 Å². The zero-order valence-electron chi connectivity index (χ0n) is 13.3. The van der Waals surface area contributed by atoms with Crippen LogP contribution in [0.1, 0.15) is 44.2 Å². The molecule has 0 unspecified atom stereocenters. The number of amides is 2. The first-order valence-electron chi connectivity index (χ1n) is 8.09. The second-order valence-electron chi connectivity index (χ2n) is 6.06. The van der Waals surface area contributed by atoms with Crippen molar-refractivity contribution in [1.82, 2.24) is 5.32 Å². The first-order valence-corrected chi connectivity index (χ1v) is 8.09. The molecule has 2 atom stereocenters. The second kappa shape index (κ2) is 7.00. The van der Waals surface area contributed by atoms with Gasteiger partial charge in [-0.2, -0.15) is 0 Å². The van der Waals surface area contributed by atoms with E-state index in [0.717, 1.165) is 31.4 Å². The topological polar surface area (TPSA) is 76.7 Å². The molecule has 6 heteroatoms. The highest BCUT2D eigenvalue weighted by atomic mass is 16.5. The average Bonchev–Trinajstić information content (AvgIpc) is 3.05. The Bertz CT molecular complexity index is 596. The van der Waals surface area contributed by atoms with E-state index in [-0.39, 0.29) is 30.6 Å². The van der Waals surface area contributed by atoms with Crippen LogP contribution in [0.5, 0.6) is 5.75 Å². The molecule has 1 aromatic rings. The minimum absolute atomic E-state index is 0.0195. The van der Waals surface area contributed by atoms with Gasteiger partial charge in [0.05, 0.1) is 17.8 Å². The van der Waals surface area contributed by atoms with Crippen molar-refractivity contribution in [2.75, 3.05) is 18.5 Å². The molecular formula is C17H22N2O4. The molecule has 1 aromatic carbocycles. The summed E-state index contributed by atoms with van der Waals surface area (Å²) in [6.45, 7) is 2.78. The summed E-state index contributed by atoms with van der Waals surface area (Å²) in [5, 5.41) is 5.77. The molecule has 2 aliphatic heterocycles. The van der Waals surface area contributed by atoms with Gasteiger partial charge in [-0.3, -0.25) is 9.59 Å². The third kappa shape index (κ3) is 4.01. The van der Waals surface area contributed by atoms with Gasteiger partial charge >= 0.3 is 0 Å². The summed E-state index contributed by atoms with van der Waals surface area (Å²) in [6.07, 6.45) is 3.61. The lowest BCUT2D eigenvalue weighted by atomic mass is 10.1. The van der Waals surface area contributed by atoms with Gasteiger partial charge in [-0.25, -0.2) is 0 Å². The summed E-state index contributed by atoms with van der Waals surface area (Å²) < 4.78 is 10.9. The first kappa shape index (κ1) is 15.8. The molecule has 3 rings (SSSR count). The van der Waals surface area contributed by atoms with Gasteiger partial charge in [-0.1, -0.05) is 6.07 Å². The van der Waals surface area contributed by atoms with Crippen LogP contribution in [0.25, 0.3) is 0 Å². The predicted octanol–water partition coefficient (Wildman–Crippen LogP) is 2.15. The summed E-state index contributed by atoms with van der Waals surface area (Å²) in [5.74, 6) is 0.513. The zero-order valence-corrected chi connectivity index (χ0v) is 13.3. The molecule has 1 saturated heterocycles. The summed E-state index contributed by atoms with van der Waals surface area (Å²) in [6, 6.07) is 5.44. The monoisotopic (exact) mass is 318 g/mol. The minimum atomic E-state index is -0.164. The molecular weight excluding hydrogens is 296 g/mol. The van der Waals surface area contributed by atoms with Crippen molar-refractivity contribution in [2.24, 2.45) is 0 Å². The van der Waals surface area contributed by atoms with E-state index in [9.17, 15) is 9.59 Å². The maximum absolute atomic E-state index is 12.1. The normalized spacial score (nSPS) is 21.1. The van der Waals surface area contributed by atoms with Gasteiger partial charge in [0.15, 0.2) is 6.61 Å². The van der Waals surface area contributed by atoms with E-state index in [1.807, 2.05) is 25.1 Å². The van der Waals surface area contributed by atoms with E-state index >= 15 is 0 Å². The standard InChI is InChI=1S/C17H22N2O4/c1-11(18-16(20)7-5-13-3-2-8-22-13)12-4-6-15-14(9-12)19-17(21)10-23-15/h4,6,9,11,13H,2-3,5,7-8,10H2,1H3,(H,18,20)(H,19,21)/t11-,13+/m0/s1. The number of ether oxygens (including phenoxy) is 2. The highest BCUT2D eigenvalue weighted by Crippen LogP contribution is 2.30. The Morgan fingerprint density at radius 2 is 2.35 bits per heavy atom. The van der Waals surface area contributed by atoms with Gasteiger partial charge in [-0.15, -0.1) is 0 Å². The lowest BCUT2D eigenvalue weighted by Crippen LogP contribution is -2.28. The third-order valence-electron chi connectivity index (χ3n) is 4.23. The molecule has 2 N–H and O–H groups in total. The van der Waals surface area contributed by atoms with Crippen molar-refractivity contribution >= 4 is 17.5 Å². The predicted molar refractivity (Wildman–Crippen MR) is 85.3 cm³/mol. The second-order valence-corrected chi connectivity index (χ2v) is 6.06. The van der Waals surface area contributed by atoms with Crippen molar-refractivity contribution in [3.8, 4) is 5.75 Å². The molecule has 0 aromatic heterocycles. The molecule has 2 amide bonds. The summed E-state index contributed by atoms with van der Waals surface area (Å²) >= 11 is 0. The number of anilines is 1. The average molecular weight is 318 g/mol. The van der Waals surface area contributed by atoms with Gasteiger partial charge < -0.3 is 20.1 Å². The van der Waals surface area contributed by atoms with Gasteiger partial charge in [0.1, 0.15) is 5.75 Å². The molecule has 2 aliphatic rings. The Hall–Kier alpha value is -2.08. The minimum Gasteiger partial charge on any atom is -0.482 e. The summed E-state index contributed by atoms with van der Waals surface area (Å²) in [5.41, 5.74) is 1.58. The van der Waals surface area contributed by atoms with Crippen LogP contribution >= 0.6 is 0 Å². The molecule has 0 spiro atoms. The molecule has 124 valence electrons. The highest BCUT2D eigenvalue weighted by molar-refractivity contribution is 5.95. The highest BCUT2D eigenvalue weighted by Gasteiger charge is 2.20. The maximum atomic E-state index is 12.1. The van der Waals surface area contributed by atoms with E-state index in [4.69, 9.17) is 9.47 Å². The molecule has 0 saturated carbocycles. The number of hydrogen-bond acceptors (Lipinski definition) is 4. The smallest absolute Gasteiger partial charge is 0.262 e. The quantitative estimate of drug-likeness (QED) is 0.872. The number of hydrogen-bond donors (Lipinski definition) is 2. The number of nitrogens with one attached hydrogen (secondary N) is 2. The fraction of sp³-hybridized carbons (Fsp3) is 0.529. The zero-order chi connectivity index (χ0) is 16.2. The first-order chi connectivity index (χ1) is 11.1. The Balaban J connectivity index is 1.55. The molecule has 1 fully saturated rings. The van der Waals surface area contributed by atoms with Crippen LogP contribution in [0.2, 0.25) is 0 Å². The van der Waals surface area contributed by atoms with Gasteiger partial charge in [0.25, 0.3) is 5.91 Å². The van der Waals surface area contributed by atoms with E-state index < -0.39 is 0 Å². The molecule has 0 bridgehead atoms. The van der Waals surface area contributed by atoms with E-state index in [0.29, 0.717) is 17.9 Å². The molecule has 6 nitrogen and oxygen atoms in total. The van der Waals surface area contributed by atoms with Crippen molar-refractivity contribution < 1.29 is 19.1 Å². The number of carbonyl (C=O) groups is 2. The van der Waals surface area contributed by atoms with Crippen molar-refractivity contribution in [3.63, 3.8) is 0 Å². The van der Waals surface area contributed by atoms with Gasteiger partial charge in [0.2, 0.25) is 5.91 Å². The van der Waals surface area contributed by atoms with Crippen molar-refractivity contribution in [2.45, 2.75) is 44.8 Å². The van der Waals surface area contributed by atoms with E-state index in [1.165, 1.54) is 0 Å². The van der Waals surface area contributed by atoms with Gasteiger partial charge in [-0.05, 0) is 43.9 Å². The molecule has 23 heavy (non-hydrogen) atoms. The van der Waals surface area contributed by atoms with E-state index in [1.54, 1.807) is 0 Å². The maximum Gasteiger partial charge on any atom is 0.262 e. The fourth-order valence-corrected chi connectivity index (χ4v) is 2.93. The Kier molecular flexibility index (Phi) is 4.81. The Morgan fingerprint density at radius 3 is 3.13 bits per heavy atom.